The summed E-state index contributed by atoms with van der Waals surface area (Å²) in [6.45, 7) is 7.55. The van der Waals surface area contributed by atoms with Gasteiger partial charge in [0, 0.05) is 49.7 Å². The van der Waals surface area contributed by atoms with E-state index in [0.717, 1.165) is 55.0 Å². The second-order valence-corrected chi connectivity index (χ2v) is 14.2. The third-order valence-corrected chi connectivity index (χ3v) is 10.3. The second-order valence-electron chi connectivity index (χ2n) is 14.2. The Kier molecular flexibility index (Phi) is 14.0. The van der Waals surface area contributed by atoms with E-state index in [1.165, 1.54) is 16.7 Å². The van der Waals surface area contributed by atoms with E-state index in [1.54, 1.807) is 44.0 Å². The van der Waals surface area contributed by atoms with Crippen molar-refractivity contribution >= 4 is 28.3 Å². The Bertz CT molecular complexity index is 2360. The lowest BCUT2D eigenvalue weighted by Crippen LogP contribution is -2.32. The zero-order valence-electron chi connectivity index (χ0n) is 33.8. The molecule has 7 rings (SSSR count). The topological polar surface area (TPSA) is 139 Å². The van der Waals surface area contributed by atoms with Crippen LogP contribution < -0.4 is 14.8 Å². The van der Waals surface area contributed by atoms with Gasteiger partial charge in [0.25, 0.3) is 5.91 Å². The molecule has 1 aliphatic heterocycles. The molecule has 1 N–H and O–H groups in total. The molecule has 6 aromatic rings. The van der Waals surface area contributed by atoms with Crippen molar-refractivity contribution in [1.29, 1.82) is 0 Å². The number of methoxy groups -OCH3 is 2. The molecule has 0 saturated heterocycles. The van der Waals surface area contributed by atoms with Gasteiger partial charge in [-0.3, -0.25) is 14.5 Å². The summed E-state index contributed by atoms with van der Waals surface area (Å²) in [6.07, 6.45) is 3.98. The summed E-state index contributed by atoms with van der Waals surface area (Å²) in [4.78, 5) is 33.2. The van der Waals surface area contributed by atoms with Gasteiger partial charge >= 0.3 is 0 Å². The van der Waals surface area contributed by atoms with Crippen LogP contribution in [0.5, 0.6) is 11.5 Å². The molecule has 0 saturated carbocycles. The molecular weight excluding hydrogens is 749 g/mol. The van der Waals surface area contributed by atoms with Crippen LogP contribution in [0.3, 0.4) is 0 Å². The average Bonchev–Trinajstić information content (AvgIpc) is 3.78. The summed E-state index contributed by atoms with van der Waals surface area (Å²) in [6, 6.07) is 29.0. The van der Waals surface area contributed by atoms with Crippen molar-refractivity contribution in [3.05, 3.63) is 125 Å². The van der Waals surface area contributed by atoms with E-state index in [2.05, 4.69) is 49.8 Å². The van der Waals surface area contributed by atoms with E-state index in [4.69, 9.17) is 23.7 Å². The van der Waals surface area contributed by atoms with E-state index in [1.807, 2.05) is 54.7 Å². The number of amides is 1. The largest absolute Gasteiger partial charge is 0.493 e. The van der Waals surface area contributed by atoms with Crippen molar-refractivity contribution in [2.75, 3.05) is 72.3 Å². The van der Waals surface area contributed by atoms with E-state index in [-0.39, 0.29) is 11.5 Å². The van der Waals surface area contributed by atoms with Gasteiger partial charge in [-0.05, 0) is 78.1 Å². The number of ether oxygens (including phenoxy) is 5. The first-order valence-electron chi connectivity index (χ1n) is 20.0. The van der Waals surface area contributed by atoms with Gasteiger partial charge in [0.15, 0.2) is 17.3 Å². The lowest BCUT2D eigenvalue weighted by atomic mass is 9.98. The lowest BCUT2D eigenvalue weighted by molar-refractivity contribution is 0.0178. The maximum Gasteiger partial charge on any atom is 0.274 e. The molecule has 2 aromatic heterocycles. The summed E-state index contributed by atoms with van der Waals surface area (Å²) in [5, 5.41) is 12.7. The molecule has 1 aliphatic rings. The first-order chi connectivity index (χ1) is 28.9. The molecule has 13 heteroatoms. The summed E-state index contributed by atoms with van der Waals surface area (Å²) in [5.41, 5.74) is 7.75. The zero-order chi connectivity index (χ0) is 41.0. The van der Waals surface area contributed by atoms with E-state index in [0.29, 0.717) is 74.1 Å². The third-order valence-electron chi connectivity index (χ3n) is 10.3. The monoisotopic (exact) mass is 798 g/mol. The maximum absolute atomic E-state index is 13.3. The van der Waals surface area contributed by atoms with E-state index < -0.39 is 5.91 Å². The molecule has 0 bridgehead atoms. The molecular formula is C46H50N6O7. The fraction of sp³-hybridized carbons (Fsp3) is 0.326. The predicted molar refractivity (Wildman–Crippen MR) is 226 cm³/mol. The Balaban J connectivity index is 0.943. The Morgan fingerprint density at radius 1 is 0.814 bits per heavy atom. The number of benzene rings is 4. The normalized spacial score (nSPS) is 12.7. The number of nitrogens with zero attached hydrogens (tertiary/aromatic N) is 5. The number of fused-ring (bicyclic) bond motifs is 2. The molecule has 0 radical (unpaired) electrons. The van der Waals surface area contributed by atoms with Crippen molar-refractivity contribution in [3.8, 4) is 28.4 Å². The molecule has 3 heterocycles. The Morgan fingerprint density at radius 3 is 2.39 bits per heavy atom. The van der Waals surface area contributed by atoms with Crippen molar-refractivity contribution in [3.63, 3.8) is 0 Å². The molecule has 1 amide bonds. The molecule has 4 aromatic carbocycles. The highest BCUT2D eigenvalue weighted by Crippen LogP contribution is 2.34. The van der Waals surface area contributed by atoms with E-state index >= 15 is 0 Å². The van der Waals surface area contributed by atoms with Crippen LogP contribution in [0.4, 0.5) is 5.69 Å². The van der Waals surface area contributed by atoms with Gasteiger partial charge in [-0.25, -0.2) is 9.67 Å². The first kappa shape index (κ1) is 41.2. The number of Topliss-reactive ketones (excluding diaryl/α,β-unsaturated/α-hetero) is 1. The fourth-order valence-electron chi connectivity index (χ4n) is 7.00. The minimum atomic E-state index is -0.402. The van der Waals surface area contributed by atoms with Crippen molar-refractivity contribution in [2.45, 2.75) is 32.7 Å². The van der Waals surface area contributed by atoms with Crippen LogP contribution in [0.15, 0.2) is 97.2 Å². The number of nitrogens with one attached hydrogen (secondary N) is 1. The molecule has 0 atom stereocenters. The number of aromatic nitrogens is 4. The molecule has 0 unspecified atom stereocenters. The predicted octanol–water partition coefficient (Wildman–Crippen LogP) is 7.00. The molecule has 306 valence electrons. The number of rotatable bonds is 20. The number of carbonyl (C=O) groups is 2. The van der Waals surface area contributed by atoms with Crippen LogP contribution in [0.1, 0.15) is 50.9 Å². The maximum atomic E-state index is 13.3. The lowest BCUT2D eigenvalue weighted by Gasteiger charge is -2.29. The Morgan fingerprint density at radius 2 is 1.59 bits per heavy atom. The summed E-state index contributed by atoms with van der Waals surface area (Å²) < 4.78 is 29.5. The highest BCUT2D eigenvalue weighted by Gasteiger charge is 2.21. The fourth-order valence-corrected chi connectivity index (χ4v) is 7.00. The smallest absolute Gasteiger partial charge is 0.274 e. The average molecular weight is 799 g/mol. The van der Waals surface area contributed by atoms with Gasteiger partial charge < -0.3 is 29.0 Å². The minimum absolute atomic E-state index is 0.0821. The SMILES string of the molecule is CCC(=O)c1ccc(-c2cn(-c3ccc(CCN4CCc5cc(OC)c(OCCOCCOCCOC)cc5C4)cc3)nn2)cc1NC(=O)c1ccc2ccccc2n1. The highest BCUT2D eigenvalue weighted by atomic mass is 16.6. The van der Waals surface area contributed by atoms with Gasteiger partial charge in [0.2, 0.25) is 0 Å². The Hall–Kier alpha value is -5.99. The second kappa shape index (κ2) is 20.1. The number of anilines is 1. The number of hydrogen-bond donors (Lipinski definition) is 1. The molecule has 59 heavy (non-hydrogen) atoms. The van der Waals surface area contributed by atoms with Crippen LogP contribution in [0.2, 0.25) is 0 Å². The number of hydrogen-bond acceptors (Lipinski definition) is 11. The van der Waals surface area contributed by atoms with Gasteiger partial charge in [0.05, 0.1) is 63.2 Å². The van der Waals surface area contributed by atoms with Gasteiger partial charge in [-0.15, -0.1) is 5.10 Å². The quantitative estimate of drug-likeness (QED) is 0.0632. The zero-order valence-corrected chi connectivity index (χ0v) is 33.8. The molecule has 0 spiro atoms. The van der Waals surface area contributed by atoms with Crippen LogP contribution in [-0.2, 0) is 33.6 Å². The molecule has 13 nitrogen and oxygen atoms in total. The molecule has 0 fully saturated rings. The Labute approximate surface area is 344 Å². The molecule has 0 aliphatic carbocycles. The summed E-state index contributed by atoms with van der Waals surface area (Å²) in [7, 11) is 3.32. The number of carbonyl (C=O) groups excluding carboxylic acids is 2. The number of para-hydroxylation sites is 1. The first-order valence-corrected chi connectivity index (χ1v) is 20.0. The van der Waals surface area contributed by atoms with Crippen LogP contribution >= 0.6 is 0 Å². The van der Waals surface area contributed by atoms with Gasteiger partial charge in [-0.2, -0.15) is 0 Å². The third kappa shape index (κ3) is 10.6. The minimum Gasteiger partial charge on any atom is -0.493 e. The summed E-state index contributed by atoms with van der Waals surface area (Å²) >= 11 is 0. The summed E-state index contributed by atoms with van der Waals surface area (Å²) in [5.74, 6) is 0.984. The van der Waals surface area contributed by atoms with Crippen molar-refractivity contribution in [1.82, 2.24) is 24.9 Å². The van der Waals surface area contributed by atoms with Crippen LogP contribution in [0, 0.1) is 0 Å². The van der Waals surface area contributed by atoms with Gasteiger partial charge in [0.1, 0.15) is 18.0 Å². The van der Waals surface area contributed by atoms with Crippen LogP contribution in [0.25, 0.3) is 27.8 Å². The van der Waals surface area contributed by atoms with Crippen molar-refractivity contribution in [2.24, 2.45) is 0 Å². The standard InChI is InChI=1S/C46H50N6O7/c1-4-43(53)38-15-11-35(27-41(38)48-46(54)40-16-12-33-7-5-6-8-39(33)47-40)42-31-52(50-49-42)37-13-9-32(10-14-37)17-19-51-20-18-34-28-44(56-3)45(29-36(34)30-51)59-26-25-58-24-23-57-22-21-55-2/h5-16,27-29,31H,4,17-26,30H2,1-3H3,(H,48,54). The van der Waals surface area contributed by atoms with Crippen molar-refractivity contribution < 1.29 is 33.3 Å². The van der Waals surface area contributed by atoms with Gasteiger partial charge in [-0.1, -0.05) is 54.6 Å². The number of ketones is 1. The van der Waals surface area contributed by atoms with E-state index in [9.17, 15) is 9.59 Å². The highest BCUT2D eigenvalue weighted by molar-refractivity contribution is 6.09. The number of pyridine rings is 1. The van der Waals surface area contributed by atoms with Crippen LogP contribution in [-0.4, -0.2) is 104 Å².